The van der Waals surface area contributed by atoms with E-state index in [1.165, 1.54) is 0 Å². The fourth-order valence-electron chi connectivity index (χ4n) is 3.54. The summed E-state index contributed by atoms with van der Waals surface area (Å²) in [5.41, 5.74) is 1.64. The summed E-state index contributed by atoms with van der Waals surface area (Å²) >= 11 is 17.9. The van der Waals surface area contributed by atoms with Gasteiger partial charge in [-0.15, -0.1) is 0 Å². The number of hydrogen-bond donors (Lipinski definition) is 2. The van der Waals surface area contributed by atoms with Crippen LogP contribution in [0, 0.1) is 0 Å². The summed E-state index contributed by atoms with van der Waals surface area (Å²) in [6.07, 6.45) is 2.36. The molecule has 2 atom stereocenters. The van der Waals surface area contributed by atoms with Crippen LogP contribution in [0.1, 0.15) is 30.0 Å². The van der Waals surface area contributed by atoms with Crippen LogP contribution in [0.4, 0.5) is 0 Å². The molecule has 1 fully saturated rings. The van der Waals surface area contributed by atoms with Crippen molar-refractivity contribution in [3.63, 3.8) is 0 Å². The number of thiocarbonyl (C=S) groups is 1. The minimum absolute atomic E-state index is 0.0872. The molecular formula is C21H19Cl2N3O2S. The molecule has 1 aromatic carbocycles. The first-order valence-corrected chi connectivity index (χ1v) is 10.4. The van der Waals surface area contributed by atoms with Gasteiger partial charge in [-0.1, -0.05) is 29.3 Å². The largest absolute Gasteiger partial charge is 0.459 e. The molecule has 0 radical (unpaired) electrons. The fourth-order valence-corrected chi connectivity index (χ4v) is 4.38. The molecule has 2 N–H and O–H groups in total. The zero-order chi connectivity index (χ0) is 20.4. The monoisotopic (exact) mass is 447 g/mol. The van der Waals surface area contributed by atoms with Gasteiger partial charge in [-0.25, -0.2) is 0 Å². The van der Waals surface area contributed by atoms with Crippen molar-refractivity contribution in [3.05, 3.63) is 76.2 Å². The molecule has 0 aliphatic carbocycles. The Balaban J connectivity index is 1.72. The van der Waals surface area contributed by atoms with Gasteiger partial charge in [0.05, 0.1) is 16.8 Å². The number of aliphatic hydroxyl groups is 1. The van der Waals surface area contributed by atoms with Crippen LogP contribution in [0.25, 0.3) is 11.3 Å². The van der Waals surface area contributed by atoms with E-state index in [0.29, 0.717) is 33.9 Å². The van der Waals surface area contributed by atoms with Crippen LogP contribution >= 0.6 is 35.4 Å². The van der Waals surface area contributed by atoms with E-state index in [9.17, 15) is 5.11 Å². The van der Waals surface area contributed by atoms with Crippen LogP contribution in [0.2, 0.25) is 10.0 Å². The first kappa shape index (κ1) is 20.2. The van der Waals surface area contributed by atoms with Crippen molar-refractivity contribution in [1.82, 2.24) is 15.2 Å². The Kier molecular flexibility index (Phi) is 6.06. The average Bonchev–Trinajstić information content (AvgIpc) is 3.31. The Morgan fingerprint density at radius 1 is 1.17 bits per heavy atom. The third-order valence-electron chi connectivity index (χ3n) is 4.87. The highest BCUT2D eigenvalue weighted by Gasteiger charge is 2.41. The zero-order valence-electron chi connectivity index (χ0n) is 15.4. The Bertz CT molecular complexity index is 1010. The van der Waals surface area contributed by atoms with Crippen molar-refractivity contribution < 1.29 is 9.52 Å². The maximum atomic E-state index is 9.31. The van der Waals surface area contributed by atoms with Crippen LogP contribution in [0.3, 0.4) is 0 Å². The molecule has 1 aliphatic rings. The molecular weight excluding hydrogens is 429 g/mol. The Morgan fingerprint density at radius 2 is 2.03 bits per heavy atom. The second-order valence-electron chi connectivity index (χ2n) is 6.72. The number of pyridine rings is 1. The van der Waals surface area contributed by atoms with E-state index in [1.807, 2.05) is 41.3 Å². The predicted octanol–water partition coefficient (Wildman–Crippen LogP) is 5.00. The van der Waals surface area contributed by atoms with E-state index in [2.05, 4.69) is 10.3 Å². The number of halogens is 2. The summed E-state index contributed by atoms with van der Waals surface area (Å²) in [6.45, 7) is 0.692. The van der Waals surface area contributed by atoms with Crippen LogP contribution in [-0.2, 0) is 0 Å². The van der Waals surface area contributed by atoms with Crippen molar-refractivity contribution in [3.8, 4) is 11.3 Å². The average molecular weight is 448 g/mol. The molecule has 2 aromatic heterocycles. The summed E-state index contributed by atoms with van der Waals surface area (Å²) in [6, 6.07) is 14.6. The van der Waals surface area contributed by atoms with Crippen LogP contribution in [0.5, 0.6) is 0 Å². The lowest BCUT2D eigenvalue weighted by Gasteiger charge is -2.25. The predicted molar refractivity (Wildman–Crippen MR) is 118 cm³/mol. The molecule has 1 saturated heterocycles. The van der Waals surface area contributed by atoms with Gasteiger partial charge in [0.15, 0.2) is 5.11 Å². The Labute approximate surface area is 184 Å². The summed E-state index contributed by atoms with van der Waals surface area (Å²) < 4.78 is 6.23. The van der Waals surface area contributed by atoms with E-state index in [0.717, 1.165) is 17.0 Å². The number of aromatic nitrogens is 1. The molecule has 0 saturated carbocycles. The van der Waals surface area contributed by atoms with Gasteiger partial charge in [-0.2, -0.15) is 0 Å². The normalized spacial score (nSPS) is 18.9. The van der Waals surface area contributed by atoms with Gasteiger partial charge in [-0.3, -0.25) is 4.98 Å². The van der Waals surface area contributed by atoms with Gasteiger partial charge in [0, 0.05) is 29.9 Å². The van der Waals surface area contributed by atoms with Crippen molar-refractivity contribution in [2.24, 2.45) is 0 Å². The van der Waals surface area contributed by atoms with Crippen LogP contribution in [0.15, 0.2) is 59.1 Å². The third kappa shape index (κ3) is 4.12. The van der Waals surface area contributed by atoms with Gasteiger partial charge in [0.25, 0.3) is 0 Å². The number of aliphatic hydroxyl groups excluding tert-OH is 1. The van der Waals surface area contributed by atoms with Gasteiger partial charge in [0.1, 0.15) is 17.6 Å². The van der Waals surface area contributed by atoms with Gasteiger partial charge >= 0.3 is 0 Å². The number of benzene rings is 1. The maximum Gasteiger partial charge on any atom is 0.170 e. The fraction of sp³-hybridized carbons (Fsp3) is 0.238. The minimum Gasteiger partial charge on any atom is -0.459 e. The van der Waals surface area contributed by atoms with Gasteiger partial charge in [0.2, 0.25) is 0 Å². The number of nitrogens with one attached hydrogen (secondary N) is 1. The third-order valence-corrected chi connectivity index (χ3v) is 5.77. The van der Waals surface area contributed by atoms with Crippen molar-refractivity contribution in [1.29, 1.82) is 0 Å². The van der Waals surface area contributed by atoms with Crippen LogP contribution < -0.4 is 5.32 Å². The minimum atomic E-state index is -0.191. The van der Waals surface area contributed by atoms with Crippen LogP contribution in [-0.4, -0.2) is 33.3 Å². The molecule has 5 nitrogen and oxygen atoms in total. The molecule has 150 valence electrons. The molecule has 3 aromatic rings. The first-order chi connectivity index (χ1) is 14.1. The SMILES string of the molecule is OCCCN1C(=S)N[C@@H](c2ccccn2)[C@@H]1c1ccc(-c2ccc(Cl)cc2Cl)o1. The lowest BCUT2D eigenvalue weighted by atomic mass is 10.0. The maximum absolute atomic E-state index is 9.31. The van der Waals surface area contributed by atoms with E-state index in [4.69, 9.17) is 39.8 Å². The second kappa shape index (κ2) is 8.71. The number of rotatable bonds is 6. The van der Waals surface area contributed by atoms with Crippen molar-refractivity contribution in [2.45, 2.75) is 18.5 Å². The zero-order valence-corrected chi connectivity index (χ0v) is 17.7. The number of nitrogens with zero attached hydrogens (tertiary/aromatic N) is 2. The van der Waals surface area contributed by atoms with E-state index in [-0.39, 0.29) is 18.7 Å². The highest BCUT2D eigenvalue weighted by atomic mass is 35.5. The standard InChI is InChI=1S/C21H19Cl2N3O2S/c22-13-5-6-14(15(23)12-13)17-7-8-18(28-17)20-19(16-4-1-2-9-24-16)25-21(29)26(20)10-3-11-27/h1-2,4-9,12,19-20,27H,3,10-11H2,(H,25,29)/t19-,20-/m0/s1. The smallest absolute Gasteiger partial charge is 0.170 e. The topological polar surface area (TPSA) is 61.5 Å². The molecule has 1 aliphatic heterocycles. The Hall–Kier alpha value is -2.12. The Morgan fingerprint density at radius 3 is 2.76 bits per heavy atom. The van der Waals surface area contributed by atoms with E-state index >= 15 is 0 Å². The van der Waals surface area contributed by atoms with Gasteiger partial charge < -0.3 is 19.7 Å². The summed E-state index contributed by atoms with van der Waals surface area (Å²) in [7, 11) is 0. The summed E-state index contributed by atoms with van der Waals surface area (Å²) in [4.78, 5) is 6.54. The molecule has 4 rings (SSSR count). The highest BCUT2D eigenvalue weighted by molar-refractivity contribution is 7.80. The molecule has 0 unspecified atom stereocenters. The highest BCUT2D eigenvalue weighted by Crippen LogP contribution is 2.41. The summed E-state index contributed by atoms with van der Waals surface area (Å²) in [5.74, 6) is 1.40. The van der Waals surface area contributed by atoms with E-state index < -0.39 is 0 Å². The summed E-state index contributed by atoms with van der Waals surface area (Å²) in [5, 5.41) is 14.4. The number of hydrogen-bond acceptors (Lipinski definition) is 4. The molecule has 8 heteroatoms. The first-order valence-electron chi connectivity index (χ1n) is 9.22. The van der Waals surface area contributed by atoms with Crippen molar-refractivity contribution >= 4 is 40.5 Å². The number of furan rings is 1. The second-order valence-corrected chi connectivity index (χ2v) is 7.95. The molecule has 29 heavy (non-hydrogen) atoms. The molecule has 0 amide bonds. The van der Waals surface area contributed by atoms with Gasteiger partial charge in [-0.05, 0) is 61.1 Å². The lowest BCUT2D eigenvalue weighted by Crippen LogP contribution is -2.30. The van der Waals surface area contributed by atoms with Crippen molar-refractivity contribution in [2.75, 3.05) is 13.2 Å². The molecule has 3 heterocycles. The molecule has 0 spiro atoms. The lowest BCUT2D eigenvalue weighted by molar-refractivity contribution is 0.233. The quantitative estimate of drug-likeness (QED) is 0.518. The van der Waals surface area contributed by atoms with E-state index in [1.54, 1.807) is 18.3 Å². The molecule has 0 bridgehead atoms.